The number of carboxylic acids is 1. The largest absolute Gasteiger partial charge is 0.479 e. The second kappa shape index (κ2) is 3.85. The first-order chi connectivity index (χ1) is 5.75. The molecule has 7 nitrogen and oxygen atoms in total. The van der Waals surface area contributed by atoms with Crippen molar-refractivity contribution in [2.24, 2.45) is 0 Å². The Kier molecular flexibility index (Phi) is 3.58. The van der Waals surface area contributed by atoms with E-state index in [9.17, 15) is 9.36 Å². The van der Waals surface area contributed by atoms with Crippen LogP contribution in [0.2, 0.25) is 0 Å². The monoisotopic (exact) mass is 209 g/mol. The smallest absolute Gasteiger partial charge is 0.368 e. The van der Waals surface area contributed by atoms with E-state index in [1.54, 1.807) is 0 Å². The number of carboxylic acid groups (broad SMARTS) is 1. The van der Waals surface area contributed by atoms with E-state index in [1.807, 2.05) is 0 Å². The fourth-order valence-electron chi connectivity index (χ4n) is 0.607. The summed E-state index contributed by atoms with van der Waals surface area (Å²) >= 11 is 0. The quantitative estimate of drug-likeness (QED) is 0.446. The van der Waals surface area contributed by atoms with Crippen molar-refractivity contribution >= 4 is 13.6 Å². The van der Waals surface area contributed by atoms with Gasteiger partial charge in [0.25, 0.3) is 5.34 Å². The Balaban J connectivity index is 4.88. The third kappa shape index (κ3) is 2.50. The highest BCUT2D eigenvalue weighted by Gasteiger charge is 2.52. The summed E-state index contributed by atoms with van der Waals surface area (Å²) < 4.78 is 10.6. The van der Waals surface area contributed by atoms with Gasteiger partial charge < -0.3 is 20.0 Å². The lowest BCUT2D eigenvalue weighted by Gasteiger charge is -2.22. The molecule has 0 bridgehead atoms. The van der Waals surface area contributed by atoms with Gasteiger partial charge in [0.15, 0.2) is 0 Å². The number of nitriles is 1. The summed E-state index contributed by atoms with van der Waals surface area (Å²) in [4.78, 5) is 27.3. The predicted octanol–water partition coefficient (Wildman–Crippen LogP) is -0.759. The van der Waals surface area contributed by atoms with Crippen LogP contribution < -0.4 is 0 Å². The zero-order chi connectivity index (χ0) is 10.7. The van der Waals surface area contributed by atoms with Crippen molar-refractivity contribution in [2.45, 2.75) is 18.2 Å². The Morgan fingerprint density at radius 1 is 1.54 bits per heavy atom. The van der Waals surface area contributed by atoms with Crippen molar-refractivity contribution in [3.63, 3.8) is 0 Å². The Hall–Kier alpha value is -0.930. The molecule has 1 unspecified atom stereocenters. The number of aliphatic carboxylic acids is 1. The molecular formula is C5H8NO6P. The van der Waals surface area contributed by atoms with Gasteiger partial charge in [-0.15, -0.1) is 0 Å². The lowest BCUT2D eigenvalue weighted by molar-refractivity contribution is -0.151. The highest BCUT2D eigenvalue weighted by Crippen LogP contribution is 2.51. The third-order valence-electron chi connectivity index (χ3n) is 1.41. The van der Waals surface area contributed by atoms with Crippen LogP contribution >= 0.6 is 7.60 Å². The molecule has 0 aliphatic carbocycles. The average Bonchev–Trinajstić information content (AvgIpc) is 1.97. The molecule has 0 aromatic heterocycles. The minimum Gasteiger partial charge on any atom is -0.479 e. The first kappa shape index (κ1) is 12.1. The third-order valence-corrected chi connectivity index (χ3v) is 2.79. The van der Waals surface area contributed by atoms with Gasteiger partial charge in [-0.1, -0.05) is 0 Å². The molecule has 0 aromatic rings. The molecule has 0 heterocycles. The molecule has 0 fully saturated rings. The maximum absolute atomic E-state index is 10.6. The number of hydrogen-bond donors (Lipinski definition) is 4. The van der Waals surface area contributed by atoms with E-state index in [1.165, 1.54) is 6.07 Å². The van der Waals surface area contributed by atoms with Gasteiger partial charge in [-0.05, 0) is 0 Å². The second-order valence-corrected chi connectivity index (χ2v) is 4.15. The number of carbonyl (C=O) groups is 1. The van der Waals surface area contributed by atoms with Gasteiger partial charge in [0.05, 0.1) is 6.07 Å². The summed E-state index contributed by atoms with van der Waals surface area (Å²) in [6, 6.07) is 1.48. The summed E-state index contributed by atoms with van der Waals surface area (Å²) in [6.07, 6.45) is -1.25. The molecule has 0 aromatic carbocycles. The summed E-state index contributed by atoms with van der Waals surface area (Å²) in [5.41, 5.74) is 0. The van der Waals surface area contributed by atoms with Gasteiger partial charge in [-0.3, -0.25) is 4.57 Å². The van der Waals surface area contributed by atoms with E-state index in [-0.39, 0.29) is 0 Å². The Morgan fingerprint density at radius 3 is 2.23 bits per heavy atom. The molecule has 74 valence electrons. The van der Waals surface area contributed by atoms with Crippen LogP contribution in [0, 0.1) is 11.3 Å². The van der Waals surface area contributed by atoms with E-state index < -0.39 is 31.7 Å². The summed E-state index contributed by atoms with van der Waals surface area (Å²) in [5.74, 6) is -2.03. The van der Waals surface area contributed by atoms with Gasteiger partial charge in [0.1, 0.15) is 0 Å². The first-order valence-electron chi connectivity index (χ1n) is 3.14. The molecule has 0 saturated carbocycles. The van der Waals surface area contributed by atoms with Crippen LogP contribution in [0.5, 0.6) is 0 Å². The number of rotatable bonds is 4. The van der Waals surface area contributed by atoms with Crippen LogP contribution in [-0.4, -0.2) is 31.3 Å². The van der Waals surface area contributed by atoms with Crippen LogP contribution in [0.4, 0.5) is 0 Å². The zero-order valence-corrected chi connectivity index (χ0v) is 7.31. The molecule has 0 rings (SSSR count). The fourth-order valence-corrected chi connectivity index (χ4v) is 1.26. The predicted molar refractivity (Wildman–Crippen MR) is 39.5 cm³/mol. The van der Waals surface area contributed by atoms with Crippen LogP contribution in [0.15, 0.2) is 0 Å². The maximum Gasteiger partial charge on any atom is 0.368 e. The SMILES string of the molecule is N#CCCC(O)(C(=O)O)P(=O)(O)O. The molecule has 0 aliphatic rings. The van der Waals surface area contributed by atoms with E-state index in [4.69, 9.17) is 25.3 Å². The van der Waals surface area contributed by atoms with Gasteiger partial charge >= 0.3 is 13.6 Å². The van der Waals surface area contributed by atoms with Crippen molar-refractivity contribution in [1.29, 1.82) is 5.26 Å². The van der Waals surface area contributed by atoms with E-state index in [0.29, 0.717) is 0 Å². The van der Waals surface area contributed by atoms with Crippen LogP contribution in [0.1, 0.15) is 12.8 Å². The molecule has 13 heavy (non-hydrogen) atoms. The lowest BCUT2D eigenvalue weighted by Crippen LogP contribution is -2.38. The molecule has 0 aliphatic heterocycles. The number of nitrogens with zero attached hydrogens (tertiary/aromatic N) is 1. The topological polar surface area (TPSA) is 139 Å². The van der Waals surface area contributed by atoms with Crippen molar-refractivity contribution in [3.05, 3.63) is 0 Å². The lowest BCUT2D eigenvalue weighted by atomic mass is 10.2. The molecule has 0 amide bonds. The Bertz CT molecular complexity index is 290. The minimum absolute atomic E-state index is 0.450. The van der Waals surface area contributed by atoms with Gasteiger partial charge in [0.2, 0.25) is 0 Å². The van der Waals surface area contributed by atoms with Crippen LogP contribution in [0.3, 0.4) is 0 Å². The van der Waals surface area contributed by atoms with E-state index in [0.717, 1.165) is 0 Å². The van der Waals surface area contributed by atoms with E-state index in [2.05, 4.69) is 0 Å². The fraction of sp³-hybridized carbons (Fsp3) is 0.600. The minimum atomic E-state index is -5.17. The number of hydrogen-bond acceptors (Lipinski definition) is 4. The molecule has 0 radical (unpaired) electrons. The summed E-state index contributed by atoms with van der Waals surface area (Å²) in [6.45, 7) is 0. The highest BCUT2D eigenvalue weighted by atomic mass is 31.2. The second-order valence-electron chi connectivity index (χ2n) is 2.32. The molecule has 4 N–H and O–H groups in total. The molecule has 0 saturated heterocycles. The van der Waals surface area contributed by atoms with Gasteiger partial charge in [-0.25, -0.2) is 4.79 Å². The molecule has 0 spiro atoms. The molecule has 1 atom stereocenters. The normalized spacial score (nSPS) is 15.8. The van der Waals surface area contributed by atoms with Crippen molar-refractivity contribution in [1.82, 2.24) is 0 Å². The van der Waals surface area contributed by atoms with Crippen LogP contribution in [-0.2, 0) is 9.36 Å². The molecule has 8 heteroatoms. The van der Waals surface area contributed by atoms with Crippen molar-refractivity contribution in [3.8, 4) is 6.07 Å². The van der Waals surface area contributed by atoms with E-state index >= 15 is 0 Å². The van der Waals surface area contributed by atoms with Crippen molar-refractivity contribution < 1.29 is 29.4 Å². The summed E-state index contributed by atoms with van der Waals surface area (Å²) in [7, 11) is -5.17. The number of aliphatic hydroxyl groups is 1. The first-order valence-corrected chi connectivity index (χ1v) is 4.75. The van der Waals surface area contributed by atoms with Crippen molar-refractivity contribution in [2.75, 3.05) is 0 Å². The summed E-state index contributed by atoms with van der Waals surface area (Å²) in [5, 5.41) is 22.3. The van der Waals surface area contributed by atoms with Crippen LogP contribution in [0.25, 0.3) is 0 Å². The van der Waals surface area contributed by atoms with Gasteiger partial charge in [0, 0.05) is 12.8 Å². The maximum atomic E-state index is 10.6. The highest BCUT2D eigenvalue weighted by molar-refractivity contribution is 7.54. The molecular weight excluding hydrogens is 201 g/mol. The average molecular weight is 209 g/mol. The zero-order valence-electron chi connectivity index (χ0n) is 6.41. The Morgan fingerprint density at radius 2 is 2.00 bits per heavy atom. The standard InChI is InChI=1S/C5H8NO6P/c6-3-1-2-5(9,4(7)8)13(10,11)12/h9H,1-2H2,(H,7,8)(H2,10,11,12). The van der Waals surface area contributed by atoms with Gasteiger partial charge in [-0.2, -0.15) is 5.26 Å². The Labute approximate surface area is 73.4 Å².